The van der Waals surface area contributed by atoms with Crippen molar-refractivity contribution in [3.8, 4) is 17.3 Å². The molecule has 0 saturated carbocycles. The normalized spacial score (nSPS) is 14.0. The smallest absolute Gasteiger partial charge is 0.410 e. The summed E-state index contributed by atoms with van der Waals surface area (Å²) in [4.78, 5) is 51.4. The summed E-state index contributed by atoms with van der Waals surface area (Å²) in [5.74, 6) is 0.122. The summed E-state index contributed by atoms with van der Waals surface area (Å²) in [5.41, 5.74) is 1.00. The molecule has 39 heavy (non-hydrogen) atoms. The highest BCUT2D eigenvalue weighted by Gasteiger charge is 2.31. The van der Waals surface area contributed by atoms with Crippen molar-refractivity contribution in [1.82, 2.24) is 19.4 Å². The lowest BCUT2D eigenvalue weighted by Gasteiger charge is -2.37. The number of anilines is 1. The van der Waals surface area contributed by atoms with Gasteiger partial charge in [0.15, 0.2) is 5.65 Å². The Bertz CT molecular complexity index is 1410. The molecule has 0 atom stereocenters. The second-order valence-electron chi connectivity index (χ2n) is 10.1. The van der Waals surface area contributed by atoms with Crippen molar-refractivity contribution in [3.05, 3.63) is 34.2 Å². The van der Waals surface area contributed by atoms with Gasteiger partial charge in [0, 0.05) is 49.7 Å². The molecule has 1 fully saturated rings. The Balaban J connectivity index is 1.78. The predicted molar refractivity (Wildman–Crippen MR) is 144 cm³/mol. The Morgan fingerprint density at radius 1 is 1.13 bits per heavy atom. The number of hydrogen-bond donors (Lipinski definition) is 0. The first-order valence-corrected chi connectivity index (χ1v) is 13.0. The molecule has 1 amide bonds. The SMILES string of the molecule is CCOC(=O)Cn1c(CC)c(N2CCN(C(=O)OC(C)(C)C)CC2)c(=O)c2oc(-c3ccnc(OC)c3)nc21. The van der Waals surface area contributed by atoms with E-state index in [0.29, 0.717) is 55.4 Å². The van der Waals surface area contributed by atoms with Crippen LogP contribution in [-0.2, 0) is 27.2 Å². The number of fused-ring (bicyclic) bond motifs is 1. The molecule has 1 aliphatic heterocycles. The number of amides is 1. The standard InChI is InChI=1S/C27H35N5O7/c1-7-18-21(30-11-13-31(14-12-30)26(35)39-27(3,4)5)22(34)23-24(32(18)16-20(33)37-8-2)29-25(38-23)17-9-10-28-19(15-17)36-6/h9-10,15H,7-8,11-14,16H2,1-6H3. The maximum absolute atomic E-state index is 13.9. The Hall–Kier alpha value is -4.09. The fraction of sp³-hybridized carbons (Fsp3) is 0.519. The van der Waals surface area contributed by atoms with E-state index in [1.54, 1.807) is 34.7 Å². The Labute approximate surface area is 226 Å². The van der Waals surface area contributed by atoms with Gasteiger partial charge in [0.05, 0.1) is 13.7 Å². The molecule has 0 unspecified atom stereocenters. The number of piperazine rings is 1. The molecule has 0 N–H and O–H groups in total. The molecule has 0 radical (unpaired) electrons. The number of oxazole rings is 1. The number of ether oxygens (including phenoxy) is 3. The van der Waals surface area contributed by atoms with Crippen molar-refractivity contribution in [2.75, 3.05) is 44.8 Å². The molecule has 1 saturated heterocycles. The maximum Gasteiger partial charge on any atom is 0.410 e. The third-order valence-corrected chi connectivity index (χ3v) is 6.25. The first-order chi connectivity index (χ1) is 18.6. The quantitative estimate of drug-likeness (QED) is 0.411. The van der Waals surface area contributed by atoms with Gasteiger partial charge >= 0.3 is 12.1 Å². The van der Waals surface area contributed by atoms with Crippen LogP contribution in [0.15, 0.2) is 27.5 Å². The highest BCUT2D eigenvalue weighted by atomic mass is 16.6. The van der Waals surface area contributed by atoms with Crippen molar-refractivity contribution < 1.29 is 28.2 Å². The van der Waals surface area contributed by atoms with Gasteiger partial charge in [-0.05, 0) is 40.2 Å². The van der Waals surface area contributed by atoms with Crippen LogP contribution in [0.2, 0.25) is 0 Å². The van der Waals surface area contributed by atoms with E-state index >= 15 is 0 Å². The van der Waals surface area contributed by atoms with Gasteiger partial charge < -0.3 is 33.0 Å². The summed E-state index contributed by atoms with van der Waals surface area (Å²) in [6, 6.07) is 3.35. The minimum Gasteiger partial charge on any atom is -0.481 e. The van der Waals surface area contributed by atoms with Crippen LogP contribution in [0, 0.1) is 0 Å². The third-order valence-electron chi connectivity index (χ3n) is 6.25. The first-order valence-electron chi connectivity index (χ1n) is 13.0. The van der Waals surface area contributed by atoms with Crippen LogP contribution < -0.4 is 15.1 Å². The van der Waals surface area contributed by atoms with E-state index in [1.165, 1.54) is 7.11 Å². The lowest BCUT2D eigenvalue weighted by atomic mass is 10.1. The van der Waals surface area contributed by atoms with E-state index in [0.717, 1.165) is 0 Å². The van der Waals surface area contributed by atoms with Crippen LogP contribution in [-0.4, -0.2) is 77.0 Å². The molecule has 3 aromatic heterocycles. The zero-order valence-electron chi connectivity index (χ0n) is 23.3. The van der Waals surface area contributed by atoms with Crippen molar-refractivity contribution >= 4 is 29.0 Å². The molecular weight excluding hydrogens is 506 g/mol. The molecule has 4 rings (SSSR count). The number of esters is 1. The number of rotatable bonds is 7. The van der Waals surface area contributed by atoms with Gasteiger partial charge in [-0.1, -0.05) is 6.92 Å². The molecule has 0 bridgehead atoms. The summed E-state index contributed by atoms with van der Waals surface area (Å²) in [6.07, 6.45) is 1.62. The monoisotopic (exact) mass is 541 g/mol. The number of carbonyl (C=O) groups excluding carboxylic acids is 2. The first kappa shape index (κ1) is 27.9. The van der Waals surface area contributed by atoms with E-state index in [9.17, 15) is 14.4 Å². The molecule has 1 aliphatic rings. The molecule has 210 valence electrons. The van der Waals surface area contributed by atoms with E-state index in [-0.39, 0.29) is 41.8 Å². The van der Waals surface area contributed by atoms with Gasteiger partial charge in [-0.15, -0.1) is 0 Å². The molecule has 0 aliphatic carbocycles. The average Bonchev–Trinajstić information content (AvgIpc) is 3.35. The number of methoxy groups -OCH3 is 1. The molecule has 12 heteroatoms. The minimum atomic E-state index is -0.599. The van der Waals surface area contributed by atoms with Crippen molar-refractivity contribution in [2.24, 2.45) is 0 Å². The summed E-state index contributed by atoms with van der Waals surface area (Å²) in [7, 11) is 1.50. The minimum absolute atomic E-state index is 0.0341. The molecule has 0 aromatic carbocycles. The molecular formula is C27H35N5O7. The van der Waals surface area contributed by atoms with Gasteiger partial charge in [-0.25, -0.2) is 9.78 Å². The van der Waals surface area contributed by atoms with Crippen LogP contribution in [0.4, 0.5) is 10.5 Å². The van der Waals surface area contributed by atoms with Crippen LogP contribution >= 0.6 is 0 Å². The van der Waals surface area contributed by atoms with Crippen molar-refractivity contribution in [3.63, 3.8) is 0 Å². The van der Waals surface area contributed by atoms with Crippen LogP contribution in [0.25, 0.3) is 22.7 Å². The lowest BCUT2D eigenvalue weighted by Crippen LogP contribution is -2.51. The predicted octanol–water partition coefficient (Wildman–Crippen LogP) is 3.24. The van der Waals surface area contributed by atoms with Crippen molar-refractivity contribution in [1.29, 1.82) is 0 Å². The topological polar surface area (TPSA) is 129 Å². The second-order valence-corrected chi connectivity index (χ2v) is 10.1. The Kier molecular flexibility index (Phi) is 8.12. The largest absolute Gasteiger partial charge is 0.481 e. The van der Waals surface area contributed by atoms with E-state index < -0.39 is 11.6 Å². The van der Waals surface area contributed by atoms with Crippen LogP contribution in [0.3, 0.4) is 0 Å². The maximum atomic E-state index is 13.9. The number of pyridine rings is 2. The molecule has 3 aromatic rings. The number of aromatic nitrogens is 3. The number of hydrogen-bond acceptors (Lipinski definition) is 10. The summed E-state index contributed by atoms with van der Waals surface area (Å²) in [5, 5.41) is 0. The van der Waals surface area contributed by atoms with Gasteiger partial charge in [0.1, 0.15) is 17.8 Å². The number of carbonyl (C=O) groups is 2. The summed E-state index contributed by atoms with van der Waals surface area (Å²) < 4.78 is 23.6. The zero-order chi connectivity index (χ0) is 28.3. The van der Waals surface area contributed by atoms with E-state index in [1.807, 2.05) is 32.6 Å². The Morgan fingerprint density at radius 2 is 1.85 bits per heavy atom. The fourth-order valence-electron chi connectivity index (χ4n) is 4.54. The van der Waals surface area contributed by atoms with Crippen molar-refractivity contribution in [2.45, 2.75) is 53.2 Å². The third kappa shape index (κ3) is 5.99. The van der Waals surface area contributed by atoms with Gasteiger partial charge in [-0.3, -0.25) is 9.59 Å². The van der Waals surface area contributed by atoms with E-state index in [2.05, 4.69) is 9.97 Å². The second kappa shape index (κ2) is 11.3. The molecule has 0 spiro atoms. The molecule has 12 nitrogen and oxygen atoms in total. The van der Waals surface area contributed by atoms with E-state index in [4.69, 9.17) is 18.6 Å². The van der Waals surface area contributed by atoms with Crippen LogP contribution in [0.1, 0.15) is 40.3 Å². The summed E-state index contributed by atoms with van der Waals surface area (Å²) >= 11 is 0. The van der Waals surface area contributed by atoms with Gasteiger partial charge in [0.2, 0.25) is 22.8 Å². The van der Waals surface area contributed by atoms with Gasteiger partial charge in [-0.2, -0.15) is 4.98 Å². The Morgan fingerprint density at radius 3 is 2.46 bits per heavy atom. The molecule has 4 heterocycles. The lowest BCUT2D eigenvalue weighted by molar-refractivity contribution is -0.143. The number of nitrogens with zero attached hydrogens (tertiary/aromatic N) is 5. The summed E-state index contributed by atoms with van der Waals surface area (Å²) in [6.45, 7) is 10.8. The highest BCUT2D eigenvalue weighted by Crippen LogP contribution is 2.29. The fourth-order valence-corrected chi connectivity index (χ4v) is 4.54. The van der Waals surface area contributed by atoms with Gasteiger partial charge in [0.25, 0.3) is 0 Å². The zero-order valence-corrected chi connectivity index (χ0v) is 23.3. The highest BCUT2D eigenvalue weighted by molar-refractivity contribution is 5.81. The average molecular weight is 542 g/mol. The van der Waals surface area contributed by atoms with Crippen LogP contribution in [0.5, 0.6) is 5.88 Å².